The summed E-state index contributed by atoms with van der Waals surface area (Å²) >= 11 is 7.56. The summed E-state index contributed by atoms with van der Waals surface area (Å²) in [5.74, 6) is -2.11. The Labute approximate surface area is 259 Å². The van der Waals surface area contributed by atoms with Crippen LogP contribution in [0.25, 0.3) is 32.1 Å². The van der Waals surface area contributed by atoms with Crippen molar-refractivity contribution in [3.63, 3.8) is 0 Å². The van der Waals surface area contributed by atoms with Crippen molar-refractivity contribution < 1.29 is 27.8 Å². The number of halogens is 4. The molecular formula is C30H28ClF3N6O3S. The highest BCUT2D eigenvalue weighted by Gasteiger charge is 2.49. The number of ether oxygens (including phenoxy) is 1. The molecule has 2 aliphatic rings. The first-order valence-electron chi connectivity index (χ1n) is 14.2. The van der Waals surface area contributed by atoms with Crippen molar-refractivity contribution >= 4 is 60.7 Å². The third-order valence-electron chi connectivity index (χ3n) is 8.40. The van der Waals surface area contributed by atoms with Crippen molar-refractivity contribution in [1.29, 1.82) is 5.26 Å². The Morgan fingerprint density at radius 1 is 1.34 bits per heavy atom. The number of unbranched alkanes of at least 4 members (excludes halogenated alkanes) is 1. The summed E-state index contributed by atoms with van der Waals surface area (Å²) in [7, 11) is 0. The van der Waals surface area contributed by atoms with E-state index in [-0.39, 0.29) is 72.6 Å². The number of thiophene rings is 1. The molecule has 0 spiro atoms. The fraction of sp³-hybridized carbons (Fsp3) is 0.400. The minimum atomic E-state index is -0.960. The lowest BCUT2D eigenvalue weighted by atomic mass is 9.95. The number of aliphatic carboxylic acids is 1. The Hall–Kier alpha value is -3.86. The van der Waals surface area contributed by atoms with Crippen LogP contribution >= 0.6 is 22.9 Å². The van der Waals surface area contributed by atoms with Crippen LogP contribution in [0.5, 0.6) is 6.01 Å². The summed E-state index contributed by atoms with van der Waals surface area (Å²) in [4.78, 5) is 21.9. The molecule has 2 aromatic heterocycles. The molecule has 4 N–H and O–H groups in total. The maximum atomic E-state index is 16.6. The van der Waals surface area contributed by atoms with Crippen LogP contribution in [0.1, 0.15) is 44.1 Å². The molecule has 2 aliphatic heterocycles. The van der Waals surface area contributed by atoms with Gasteiger partial charge in [-0.15, -0.1) is 11.3 Å². The topological polar surface area (TPSA) is 137 Å². The highest BCUT2D eigenvalue weighted by molar-refractivity contribution is 7.23. The molecule has 0 aliphatic carbocycles. The fourth-order valence-corrected chi connectivity index (χ4v) is 7.63. The van der Waals surface area contributed by atoms with E-state index >= 15 is 4.39 Å². The Kier molecular flexibility index (Phi) is 8.17. The fourth-order valence-electron chi connectivity index (χ4n) is 6.39. The number of alkyl halides is 1. The Bertz CT molecular complexity index is 1830. The molecule has 4 aromatic rings. The van der Waals surface area contributed by atoms with Gasteiger partial charge in [0.2, 0.25) is 0 Å². The van der Waals surface area contributed by atoms with Crippen LogP contribution in [0, 0.1) is 23.0 Å². The molecular weight excluding hydrogens is 617 g/mol. The molecule has 44 heavy (non-hydrogen) atoms. The van der Waals surface area contributed by atoms with E-state index in [1.807, 2.05) is 6.07 Å². The second-order valence-corrected chi connectivity index (χ2v) is 12.7. The highest BCUT2D eigenvalue weighted by atomic mass is 35.5. The number of carbonyl (C=O) groups is 1. The maximum Gasteiger partial charge on any atom is 0.319 e. The zero-order chi connectivity index (χ0) is 31.2. The van der Waals surface area contributed by atoms with E-state index in [0.29, 0.717) is 32.4 Å². The van der Waals surface area contributed by atoms with Crippen LogP contribution in [-0.4, -0.2) is 63.9 Å². The maximum absolute atomic E-state index is 16.6. The van der Waals surface area contributed by atoms with Crippen LogP contribution in [0.2, 0.25) is 5.02 Å². The van der Waals surface area contributed by atoms with E-state index in [0.717, 1.165) is 30.7 Å². The second-order valence-electron chi connectivity index (χ2n) is 11.2. The zero-order valence-corrected chi connectivity index (χ0v) is 25.0. The van der Waals surface area contributed by atoms with Gasteiger partial charge in [-0.3, -0.25) is 9.69 Å². The summed E-state index contributed by atoms with van der Waals surface area (Å²) < 4.78 is 51.8. The number of aromatic nitrogens is 2. The number of nitrogens with two attached hydrogens (primary N) is 1. The summed E-state index contributed by atoms with van der Waals surface area (Å²) in [6, 6.07) is 5.86. The molecule has 4 heterocycles. The number of nitrogen functional groups attached to an aromatic ring is 1. The van der Waals surface area contributed by atoms with E-state index in [1.165, 1.54) is 18.2 Å². The number of hydrogen-bond donors (Lipinski definition) is 3. The second kappa shape index (κ2) is 11.9. The number of hydrogen-bond acceptors (Lipinski definition) is 9. The summed E-state index contributed by atoms with van der Waals surface area (Å²) in [6.45, 7) is 1.56. The van der Waals surface area contributed by atoms with Crippen LogP contribution in [0.3, 0.4) is 0 Å². The van der Waals surface area contributed by atoms with Crippen LogP contribution in [-0.2, 0) is 4.79 Å². The Morgan fingerprint density at radius 2 is 2.16 bits per heavy atom. The van der Waals surface area contributed by atoms with E-state index < -0.39 is 29.3 Å². The molecule has 230 valence electrons. The molecule has 0 unspecified atom stereocenters. The van der Waals surface area contributed by atoms with Crippen molar-refractivity contribution in [2.45, 2.75) is 50.2 Å². The Balaban J connectivity index is 1.44. The lowest BCUT2D eigenvalue weighted by molar-refractivity contribution is -0.137. The molecule has 6 rings (SSSR count). The van der Waals surface area contributed by atoms with E-state index in [2.05, 4.69) is 20.2 Å². The lowest BCUT2D eigenvalue weighted by Gasteiger charge is -2.30. The summed E-state index contributed by atoms with van der Waals surface area (Å²) in [5, 5.41) is 22.3. The number of carboxylic acids is 1. The number of carboxylic acid groups (broad SMARTS) is 1. The minimum Gasteiger partial charge on any atom is -0.481 e. The largest absolute Gasteiger partial charge is 0.481 e. The van der Waals surface area contributed by atoms with Crippen LogP contribution in [0.15, 0.2) is 18.2 Å². The lowest BCUT2D eigenvalue weighted by Crippen LogP contribution is -2.43. The number of nitrogens with zero attached hydrogens (tertiary/aromatic N) is 4. The molecule has 0 saturated carbocycles. The summed E-state index contributed by atoms with van der Waals surface area (Å²) in [5.41, 5.74) is 5.49. The molecule has 14 heteroatoms. The predicted molar refractivity (Wildman–Crippen MR) is 163 cm³/mol. The third kappa shape index (κ3) is 5.35. The molecule has 0 bridgehead atoms. The van der Waals surface area contributed by atoms with Crippen LogP contribution in [0.4, 0.5) is 24.0 Å². The van der Waals surface area contributed by atoms with Crippen molar-refractivity contribution in [3.8, 4) is 23.2 Å². The number of fused-ring (bicyclic) bond motifs is 3. The molecule has 2 saturated heterocycles. The average molecular weight is 645 g/mol. The van der Waals surface area contributed by atoms with Gasteiger partial charge >= 0.3 is 12.0 Å². The first-order valence-corrected chi connectivity index (χ1v) is 15.4. The normalized spacial score (nSPS) is 19.8. The van der Waals surface area contributed by atoms with Crippen molar-refractivity contribution in [2.24, 2.45) is 0 Å². The number of nitrogens with one attached hydrogen (secondary N) is 1. The number of nitriles is 1. The van der Waals surface area contributed by atoms with Gasteiger partial charge in [-0.2, -0.15) is 15.2 Å². The number of benzene rings is 2. The third-order valence-corrected chi connectivity index (χ3v) is 9.73. The van der Waals surface area contributed by atoms with Gasteiger partial charge in [0.15, 0.2) is 5.82 Å². The van der Waals surface area contributed by atoms with Crippen molar-refractivity contribution in [2.75, 3.05) is 37.3 Å². The van der Waals surface area contributed by atoms with Crippen molar-refractivity contribution in [1.82, 2.24) is 14.9 Å². The predicted octanol–water partition coefficient (Wildman–Crippen LogP) is 6.52. The Morgan fingerprint density at radius 3 is 2.93 bits per heavy atom. The highest BCUT2D eigenvalue weighted by Crippen LogP contribution is 2.46. The van der Waals surface area contributed by atoms with Gasteiger partial charge in [0.05, 0.1) is 20.8 Å². The van der Waals surface area contributed by atoms with Crippen LogP contribution < -0.4 is 15.8 Å². The SMILES string of the molecule is N#Cc1c(N)sc2c(F)ccc(-c3c(Cl)cc4c(NCCCCC(=O)O)nc(OC[C@@]56CCCN5C[C@H](F)C6)nc4c3F)c12. The molecule has 9 nitrogen and oxygen atoms in total. The van der Waals surface area contributed by atoms with E-state index in [4.69, 9.17) is 27.2 Å². The van der Waals surface area contributed by atoms with Gasteiger partial charge in [0.1, 0.15) is 41.0 Å². The van der Waals surface area contributed by atoms with Crippen molar-refractivity contribution in [3.05, 3.63) is 40.4 Å². The summed E-state index contributed by atoms with van der Waals surface area (Å²) in [6.07, 6.45) is 1.97. The zero-order valence-electron chi connectivity index (χ0n) is 23.4. The monoisotopic (exact) mass is 644 g/mol. The molecule has 2 aromatic carbocycles. The number of rotatable bonds is 10. The number of anilines is 2. The average Bonchev–Trinajstić information content (AvgIpc) is 3.62. The standard InChI is InChI=1S/C30H28ClF3N6O3S/c31-19-10-17-25(24(34)23(19)16-5-6-20(33)26-22(16)18(12-35)27(36)44-26)38-29(39-28(17)37-8-2-1-4-21(41)42)43-14-30-7-3-9-40(30)13-15(32)11-30/h5-6,10,15H,1-4,7-9,11,13-14,36H2,(H,41,42)(H,37,38,39)/t15-,30+/m1/s1. The minimum absolute atomic E-state index is 0.00243. The van der Waals surface area contributed by atoms with E-state index in [1.54, 1.807) is 0 Å². The molecule has 2 fully saturated rings. The first-order chi connectivity index (χ1) is 21.1. The van der Waals surface area contributed by atoms with Gasteiger partial charge < -0.3 is 20.9 Å². The van der Waals surface area contributed by atoms with Gasteiger partial charge in [-0.05, 0) is 49.9 Å². The van der Waals surface area contributed by atoms with Gasteiger partial charge in [-0.25, -0.2) is 13.2 Å². The molecule has 2 atom stereocenters. The van der Waals surface area contributed by atoms with Gasteiger partial charge in [0, 0.05) is 42.3 Å². The smallest absolute Gasteiger partial charge is 0.319 e. The molecule has 0 radical (unpaired) electrons. The van der Waals surface area contributed by atoms with Gasteiger partial charge in [0.25, 0.3) is 0 Å². The van der Waals surface area contributed by atoms with E-state index in [9.17, 15) is 18.8 Å². The quantitative estimate of drug-likeness (QED) is 0.165. The van der Waals surface area contributed by atoms with Gasteiger partial charge in [-0.1, -0.05) is 17.7 Å². The molecule has 0 amide bonds. The first kappa shape index (κ1) is 30.2.